The molecule has 1 heterocycles. The van der Waals surface area contributed by atoms with Gasteiger partial charge < -0.3 is 0 Å². The second-order valence-corrected chi connectivity index (χ2v) is 6.56. The molecule has 0 amide bonds. The predicted octanol–water partition coefficient (Wildman–Crippen LogP) is 1.06. The van der Waals surface area contributed by atoms with Gasteiger partial charge in [0, 0.05) is 30.4 Å². The fraction of sp³-hybridized carbons (Fsp3) is 0.500. The summed E-state index contributed by atoms with van der Waals surface area (Å²) in [6.45, 7) is 0. The molecule has 1 atom stereocenters. The molecule has 0 aliphatic heterocycles. The van der Waals surface area contributed by atoms with E-state index in [1.54, 1.807) is 12.3 Å². The molecule has 0 spiro atoms. The van der Waals surface area contributed by atoms with Crippen LogP contribution in [-0.2, 0) is 9.84 Å². The van der Waals surface area contributed by atoms with Gasteiger partial charge in [-0.05, 0) is 24.5 Å². The molecule has 1 unspecified atom stereocenters. The maximum atomic E-state index is 11.0. The van der Waals surface area contributed by atoms with E-state index in [-0.39, 0.29) is 11.8 Å². The minimum absolute atomic E-state index is 0.147. The third kappa shape index (κ3) is 4.99. The Morgan fingerprint density at radius 3 is 2.82 bits per heavy atom. The van der Waals surface area contributed by atoms with Crippen molar-refractivity contribution in [1.29, 1.82) is 0 Å². The van der Waals surface area contributed by atoms with Crippen LogP contribution in [0.15, 0.2) is 18.5 Å². The molecular weight excluding hydrogens is 262 g/mol. The van der Waals surface area contributed by atoms with Crippen molar-refractivity contribution in [3.05, 3.63) is 29.0 Å². The quantitative estimate of drug-likeness (QED) is 0.600. The zero-order valence-electron chi connectivity index (χ0n) is 9.56. The summed E-state index contributed by atoms with van der Waals surface area (Å²) in [6.07, 6.45) is 5.52. The number of sulfone groups is 1. The van der Waals surface area contributed by atoms with Crippen molar-refractivity contribution in [2.45, 2.75) is 18.9 Å². The van der Waals surface area contributed by atoms with E-state index >= 15 is 0 Å². The van der Waals surface area contributed by atoms with E-state index in [0.29, 0.717) is 17.9 Å². The highest BCUT2D eigenvalue weighted by Gasteiger charge is 2.14. The maximum Gasteiger partial charge on any atom is 0.147 e. The van der Waals surface area contributed by atoms with E-state index in [9.17, 15) is 8.42 Å². The summed E-state index contributed by atoms with van der Waals surface area (Å²) in [4.78, 5) is 3.88. The van der Waals surface area contributed by atoms with Crippen molar-refractivity contribution in [3.63, 3.8) is 0 Å². The predicted molar refractivity (Wildman–Crippen MR) is 68.3 cm³/mol. The number of hydrogen-bond acceptors (Lipinski definition) is 5. The lowest BCUT2D eigenvalue weighted by molar-refractivity contribution is 0.507. The first-order chi connectivity index (χ1) is 7.94. The van der Waals surface area contributed by atoms with Crippen molar-refractivity contribution in [3.8, 4) is 0 Å². The van der Waals surface area contributed by atoms with Crippen LogP contribution in [0.2, 0.25) is 5.02 Å². The van der Waals surface area contributed by atoms with Crippen LogP contribution >= 0.6 is 11.6 Å². The molecule has 0 aromatic carbocycles. The van der Waals surface area contributed by atoms with Crippen molar-refractivity contribution in [2.24, 2.45) is 5.84 Å². The molecule has 7 heteroatoms. The molecule has 5 nitrogen and oxygen atoms in total. The molecule has 0 aliphatic carbocycles. The number of nitrogens with two attached hydrogens (primary N) is 1. The summed E-state index contributed by atoms with van der Waals surface area (Å²) in [5.41, 5.74) is 3.47. The minimum Gasteiger partial charge on any atom is -0.271 e. The lowest BCUT2D eigenvalue weighted by atomic mass is 10.0. The zero-order chi connectivity index (χ0) is 12.9. The van der Waals surface area contributed by atoms with Crippen molar-refractivity contribution in [2.75, 3.05) is 12.0 Å². The second-order valence-electron chi connectivity index (χ2n) is 3.89. The maximum absolute atomic E-state index is 11.0. The largest absolute Gasteiger partial charge is 0.271 e. The van der Waals surface area contributed by atoms with Crippen LogP contribution in [0, 0.1) is 0 Å². The molecule has 1 aromatic rings. The molecule has 0 radical (unpaired) electrons. The van der Waals surface area contributed by atoms with Crippen LogP contribution in [0.25, 0.3) is 0 Å². The highest BCUT2D eigenvalue weighted by Crippen LogP contribution is 2.24. The Hall–Kier alpha value is -0.690. The summed E-state index contributed by atoms with van der Waals surface area (Å²) in [6, 6.07) is 1.61. The van der Waals surface area contributed by atoms with E-state index in [0.717, 1.165) is 5.56 Å². The Labute approximate surface area is 106 Å². The smallest absolute Gasteiger partial charge is 0.147 e. The fourth-order valence-corrected chi connectivity index (χ4v) is 2.49. The number of pyridine rings is 1. The van der Waals surface area contributed by atoms with Gasteiger partial charge >= 0.3 is 0 Å². The Kier molecular flexibility index (Phi) is 5.32. The van der Waals surface area contributed by atoms with Crippen LogP contribution in [-0.4, -0.2) is 25.4 Å². The van der Waals surface area contributed by atoms with Crippen LogP contribution in [0.1, 0.15) is 24.4 Å². The SMILES string of the molecule is CS(=O)(=O)CCCC(NN)c1ccncc1Cl. The molecule has 0 bridgehead atoms. The van der Waals surface area contributed by atoms with Gasteiger partial charge in [0.2, 0.25) is 0 Å². The number of halogens is 1. The van der Waals surface area contributed by atoms with Gasteiger partial charge in [0.15, 0.2) is 0 Å². The second kappa shape index (κ2) is 6.30. The standard InChI is InChI=1S/C10H16ClN3O2S/c1-17(15,16)6-2-3-10(14-12)8-4-5-13-7-9(8)11/h4-5,7,10,14H,2-3,6,12H2,1H3. The van der Waals surface area contributed by atoms with Gasteiger partial charge in [-0.1, -0.05) is 11.6 Å². The van der Waals surface area contributed by atoms with E-state index in [1.165, 1.54) is 12.5 Å². The van der Waals surface area contributed by atoms with Gasteiger partial charge in [0.1, 0.15) is 9.84 Å². The van der Waals surface area contributed by atoms with Crippen molar-refractivity contribution in [1.82, 2.24) is 10.4 Å². The van der Waals surface area contributed by atoms with E-state index < -0.39 is 9.84 Å². The first kappa shape index (κ1) is 14.4. The van der Waals surface area contributed by atoms with E-state index in [4.69, 9.17) is 17.4 Å². The number of aromatic nitrogens is 1. The highest BCUT2D eigenvalue weighted by molar-refractivity contribution is 7.90. The summed E-state index contributed by atoms with van der Waals surface area (Å²) in [5.74, 6) is 5.59. The fourth-order valence-electron chi connectivity index (χ4n) is 1.55. The zero-order valence-corrected chi connectivity index (χ0v) is 11.1. The van der Waals surface area contributed by atoms with Gasteiger partial charge in [0.05, 0.1) is 5.02 Å². The van der Waals surface area contributed by atoms with Crippen LogP contribution in [0.4, 0.5) is 0 Å². The van der Waals surface area contributed by atoms with Crippen LogP contribution < -0.4 is 11.3 Å². The molecule has 0 fully saturated rings. The number of rotatable bonds is 6. The first-order valence-corrected chi connectivity index (χ1v) is 7.61. The monoisotopic (exact) mass is 277 g/mol. The third-order valence-corrected chi connectivity index (χ3v) is 3.73. The summed E-state index contributed by atoms with van der Waals surface area (Å²) >= 11 is 5.99. The average molecular weight is 278 g/mol. The number of hydrogen-bond donors (Lipinski definition) is 2. The molecular formula is C10H16ClN3O2S. The van der Waals surface area contributed by atoms with E-state index in [1.807, 2.05) is 0 Å². The molecule has 3 N–H and O–H groups in total. The summed E-state index contributed by atoms with van der Waals surface area (Å²) in [7, 11) is -2.93. The number of nitrogens with zero attached hydrogens (tertiary/aromatic N) is 1. The Bertz CT molecular complexity index is 464. The highest BCUT2D eigenvalue weighted by atomic mass is 35.5. The molecule has 0 aliphatic rings. The third-order valence-electron chi connectivity index (χ3n) is 2.39. The van der Waals surface area contributed by atoms with Crippen molar-refractivity contribution < 1.29 is 8.42 Å². The van der Waals surface area contributed by atoms with Crippen LogP contribution in [0.3, 0.4) is 0 Å². The first-order valence-electron chi connectivity index (χ1n) is 5.17. The molecule has 96 valence electrons. The van der Waals surface area contributed by atoms with Crippen LogP contribution in [0.5, 0.6) is 0 Å². The molecule has 1 aromatic heterocycles. The van der Waals surface area contributed by atoms with Gasteiger partial charge in [-0.25, -0.2) is 8.42 Å². The Morgan fingerprint density at radius 2 is 2.29 bits per heavy atom. The molecule has 17 heavy (non-hydrogen) atoms. The summed E-state index contributed by atoms with van der Waals surface area (Å²) < 4.78 is 22.0. The minimum atomic E-state index is -2.93. The number of nitrogens with one attached hydrogen (secondary N) is 1. The Morgan fingerprint density at radius 1 is 1.59 bits per heavy atom. The van der Waals surface area contributed by atoms with Gasteiger partial charge in [-0.3, -0.25) is 16.3 Å². The van der Waals surface area contributed by atoms with E-state index in [2.05, 4.69) is 10.4 Å². The van der Waals surface area contributed by atoms with Gasteiger partial charge in [-0.2, -0.15) is 0 Å². The molecule has 0 saturated carbocycles. The molecule has 0 saturated heterocycles. The van der Waals surface area contributed by atoms with Gasteiger partial charge in [-0.15, -0.1) is 0 Å². The molecule has 1 rings (SSSR count). The lowest BCUT2D eigenvalue weighted by Gasteiger charge is -2.16. The summed E-state index contributed by atoms with van der Waals surface area (Å²) in [5, 5.41) is 0.523. The van der Waals surface area contributed by atoms with Gasteiger partial charge in [0.25, 0.3) is 0 Å². The normalized spacial score (nSPS) is 13.6. The number of hydrazine groups is 1. The Balaban J connectivity index is 2.64. The lowest BCUT2D eigenvalue weighted by Crippen LogP contribution is -2.28. The van der Waals surface area contributed by atoms with Crippen molar-refractivity contribution >= 4 is 21.4 Å². The topological polar surface area (TPSA) is 85.1 Å². The average Bonchev–Trinajstić information content (AvgIpc) is 2.24.